The van der Waals surface area contributed by atoms with Gasteiger partial charge in [0.1, 0.15) is 17.6 Å². The first kappa shape index (κ1) is 30.3. The number of rotatable bonds is 7. The Hall–Kier alpha value is -4.77. The number of carbonyl (C=O) groups excluding carboxylic acids is 1. The number of pyridine rings is 1. The molecule has 0 N–H and O–H groups in total. The van der Waals surface area contributed by atoms with Crippen molar-refractivity contribution >= 4 is 45.1 Å². The molecule has 228 valence electrons. The standard InChI is InChI=1S/C34H31ClFN7O2/c1-4-25-27(26-11-5-8-22-9-6-12-28(35)29(22)26)18-38-31-30(25)39-34(45-20-24-10-7-15-41(24)3)40-32(31)42-16-17-43(33(44)21(2)36)23(19-42)13-14-37/h1,5-6,8-9,11-12,18,23-24H,2,7,10,13,15-17,19-20H2,3H3/t23?,24-/m0/s1. The monoisotopic (exact) mass is 623 g/mol. The minimum atomic E-state index is -1.06. The van der Waals surface area contributed by atoms with Crippen LogP contribution in [0.4, 0.5) is 10.2 Å². The van der Waals surface area contributed by atoms with E-state index in [1.807, 2.05) is 41.3 Å². The number of hydrogen-bond acceptors (Lipinski definition) is 8. The molecule has 45 heavy (non-hydrogen) atoms. The minimum absolute atomic E-state index is 0.00489. The van der Waals surface area contributed by atoms with Gasteiger partial charge in [-0.25, -0.2) is 9.37 Å². The van der Waals surface area contributed by atoms with Crippen molar-refractivity contribution in [1.29, 1.82) is 5.26 Å². The molecular formula is C34H31ClFN7O2. The number of nitrogens with zero attached hydrogens (tertiary/aromatic N) is 7. The number of nitriles is 1. The van der Waals surface area contributed by atoms with E-state index in [0.29, 0.717) is 46.2 Å². The molecular weight excluding hydrogens is 593 g/mol. The van der Waals surface area contributed by atoms with Gasteiger partial charge in [0.15, 0.2) is 11.6 Å². The molecule has 9 nitrogen and oxygen atoms in total. The summed E-state index contributed by atoms with van der Waals surface area (Å²) in [6.45, 7) is 5.25. The van der Waals surface area contributed by atoms with Crippen molar-refractivity contribution in [1.82, 2.24) is 24.8 Å². The molecule has 2 saturated heterocycles. The highest BCUT2D eigenvalue weighted by Crippen LogP contribution is 2.38. The van der Waals surface area contributed by atoms with E-state index < -0.39 is 17.8 Å². The Morgan fingerprint density at radius 3 is 2.67 bits per heavy atom. The number of carbonyl (C=O) groups is 1. The van der Waals surface area contributed by atoms with E-state index in [9.17, 15) is 14.4 Å². The molecule has 1 amide bonds. The quantitative estimate of drug-likeness (QED) is 0.200. The number of likely N-dealkylation sites (tertiary alicyclic amines) is 1. The maximum Gasteiger partial charge on any atom is 0.319 e. The fraction of sp³-hybridized carbons (Fsp3) is 0.324. The van der Waals surface area contributed by atoms with Crippen LogP contribution in [-0.2, 0) is 4.79 Å². The second kappa shape index (κ2) is 12.7. The zero-order valence-corrected chi connectivity index (χ0v) is 25.6. The normalized spacial score (nSPS) is 18.6. The van der Waals surface area contributed by atoms with Crippen LogP contribution < -0.4 is 9.64 Å². The van der Waals surface area contributed by atoms with Gasteiger partial charge in [0.2, 0.25) is 0 Å². The van der Waals surface area contributed by atoms with Crippen molar-refractivity contribution in [2.24, 2.45) is 0 Å². The molecule has 2 fully saturated rings. The lowest BCUT2D eigenvalue weighted by atomic mass is 9.95. The molecule has 0 spiro atoms. The Morgan fingerprint density at radius 1 is 1.16 bits per heavy atom. The fourth-order valence-electron chi connectivity index (χ4n) is 6.30. The van der Waals surface area contributed by atoms with Crippen molar-refractivity contribution in [3.8, 4) is 35.6 Å². The molecule has 11 heteroatoms. The molecule has 4 heterocycles. The lowest BCUT2D eigenvalue weighted by Gasteiger charge is -2.41. The molecule has 0 radical (unpaired) electrons. The maximum atomic E-state index is 13.8. The zero-order valence-electron chi connectivity index (χ0n) is 24.8. The van der Waals surface area contributed by atoms with E-state index >= 15 is 0 Å². The summed E-state index contributed by atoms with van der Waals surface area (Å²) >= 11 is 6.68. The van der Waals surface area contributed by atoms with Crippen molar-refractivity contribution in [3.05, 3.63) is 65.6 Å². The third-order valence-electron chi connectivity index (χ3n) is 8.64. The Bertz CT molecular complexity index is 1900. The highest BCUT2D eigenvalue weighted by atomic mass is 35.5. The molecule has 2 aliphatic rings. The number of amides is 1. The maximum absolute atomic E-state index is 13.8. The van der Waals surface area contributed by atoms with Gasteiger partial charge >= 0.3 is 6.01 Å². The first-order chi connectivity index (χ1) is 21.8. The van der Waals surface area contributed by atoms with Crippen LogP contribution in [0.1, 0.15) is 24.8 Å². The summed E-state index contributed by atoms with van der Waals surface area (Å²) in [7, 11) is 2.07. The average molecular weight is 624 g/mol. The van der Waals surface area contributed by atoms with Crippen LogP contribution in [0.25, 0.3) is 32.9 Å². The Balaban J connectivity index is 1.48. The fourth-order valence-corrected chi connectivity index (χ4v) is 6.59. The van der Waals surface area contributed by atoms with Crippen LogP contribution in [0, 0.1) is 23.7 Å². The number of fused-ring (bicyclic) bond motifs is 2. The van der Waals surface area contributed by atoms with Crippen molar-refractivity contribution in [2.75, 3.05) is 44.7 Å². The highest BCUT2D eigenvalue weighted by Gasteiger charge is 2.34. The molecule has 2 aliphatic heterocycles. The van der Waals surface area contributed by atoms with Crippen LogP contribution in [0.3, 0.4) is 0 Å². The van der Waals surface area contributed by atoms with Gasteiger partial charge in [-0.1, -0.05) is 54.4 Å². The lowest BCUT2D eigenvalue weighted by Crippen LogP contribution is -2.55. The smallest absolute Gasteiger partial charge is 0.319 e. The lowest BCUT2D eigenvalue weighted by molar-refractivity contribution is -0.131. The highest BCUT2D eigenvalue weighted by molar-refractivity contribution is 6.36. The second-order valence-corrected chi connectivity index (χ2v) is 11.7. The number of terminal acetylenes is 1. The molecule has 4 aromatic rings. The van der Waals surface area contributed by atoms with Gasteiger partial charge in [-0.3, -0.25) is 4.79 Å². The molecule has 0 bridgehead atoms. The van der Waals surface area contributed by atoms with E-state index in [1.165, 1.54) is 4.90 Å². The zero-order chi connectivity index (χ0) is 31.7. The van der Waals surface area contributed by atoms with Crippen molar-refractivity contribution < 1.29 is 13.9 Å². The first-order valence-corrected chi connectivity index (χ1v) is 15.1. The van der Waals surface area contributed by atoms with Crippen LogP contribution >= 0.6 is 11.6 Å². The van der Waals surface area contributed by atoms with E-state index in [2.05, 4.69) is 30.5 Å². The van der Waals surface area contributed by atoms with Gasteiger partial charge in [0.05, 0.1) is 24.1 Å². The van der Waals surface area contributed by atoms with Crippen LogP contribution in [-0.4, -0.2) is 82.6 Å². The third kappa shape index (κ3) is 5.75. The molecule has 2 atom stereocenters. The van der Waals surface area contributed by atoms with Gasteiger partial charge in [-0.15, -0.1) is 6.42 Å². The summed E-state index contributed by atoms with van der Waals surface area (Å²) < 4.78 is 20.1. The first-order valence-electron chi connectivity index (χ1n) is 14.8. The number of benzene rings is 2. The second-order valence-electron chi connectivity index (χ2n) is 11.3. The summed E-state index contributed by atoms with van der Waals surface area (Å²) in [6, 6.07) is 13.5. The van der Waals surface area contributed by atoms with E-state index in [1.54, 1.807) is 6.20 Å². The van der Waals surface area contributed by atoms with Crippen LogP contribution in [0.15, 0.2) is 55.0 Å². The van der Waals surface area contributed by atoms with Crippen molar-refractivity contribution in [2.45, 2.75) is 31.3 Å². The van der Waals surface area contributed by atoms with Gasteiger partial charge in [0.25, 0.3) is 5.91 Å². The predicted octanol–water partition coefficient (Wildman–Crippen LogP) is 5.37. The van der Waals surface area contributed by atoms with Gasteiger partial charge in [-0.2, -0.15) is 15.2 Å². The number of piperazine rings is 1. The molecule has 2 aromatic heterocycles. The van der Waals surface area contributed by atoms with E-state index in [-0.39, 0.29) is 31.6 Å². The Kier molecular flexibility index (Phi) is 8.53. The third-order valence-corrected chi connectivity index (χ3v) is 8.96. The van der Waals surface area contributed by atoms with Crippen molar-refractivity contribution in [3.63, 3.8) is 0 Å². The topological polar surface area (TPSA) is 98.5 Å². The van der Waals surface area contributed by atoms with Crippen LogP contribution in [0.5, 0.6) is 6.01 Å². The Morgan fingerprint density at radius 2 is 1.96 bits per heavy atom. The molecule has 1 unspecified atom stereocenters. The number of anilines is 1. The molecule has 0 aliphatic carbocycles. The number of ether oxygens (including phenoxy) is 1. The Labute approximate surface area is 265 Å². The van der Waals surface area contributed by atoms with Crippen LogP contribution in [0.2, 0.25) is 5.02 Å². The summed E-state index contributed by atoms with van der Waals surface area (Å²) in [4.78, 5) is 32.5. The molecule has 2 aromatic carbocycles. The molecule has 6 rings (SSSR count). The number of aromatic nitrogens is 3. The summed E-state index contributed by atoms with van der Waals surface area (Å²) in [6.07, 6.45) is 10.00. The predicted molar refractivity (Wildman–Crippen MR) is 173 cm³/mol. The van der Waals surface area contributed by atoms with Gasteiger partial charge < -0.3 is 19.4 Å². The minimum Gasteiger partial charge on any atom is -0.462 e. The van der Waals surface area contributed by atoms with Gasteiger partial charge in [0, 0.05) is 47.8 Å². The van der Waals surface area contributed by atoms with E-state index in [4.69, 9.17) is 37.7 Å². The number of hydrogen-bond donors (Lipinski definition) is 0. The molecule has 0 saturated carbocycles. The average Bonchev–Trinajstić information content (AvgIpc) is 3.46. The van der Waals surface area contributed by atoms with E-state index in [0.717, 1.165) is 35.7 Å². The summed E-state index contributed by atoms with van der Waals surface area (Å²) in [5.41, 5.74) is 2.91. The number of halogens is 2. The SMILES string of the molecule is C#Cc1c(-c2cccc3cccc(Cl)c23)cnc2c(N3CCN(C(=O)C(=C)F)C(CC#N)C3)nc(OC[C@@H]3CCCN3C)nc12. The summed E-state index contributed by atoms with van der Waals surface area (Å²) in [5.74, 6) is 1.42. The largest absolute Gasteiger partial charge is 0.462 e. The number of likely N-dealkylation sites (N-methyl/N-ethyl adjacent to an activating group) is 1. The van der Waals surface area contributed by atoms with Gasteiger partial charge in [-0.05, 0) is 43.5 Å². The summed E-state index contributed by atoms with van der Waals surface area (Å²) in [5, 5.41) is 11.9.